The number of aryl methyl sites for hydroxylation is 1. The lowest BCUT2D eigenvalue weighted by Gasteiger charge is -2.14. The second kappa shape index (κ2) is 6.60. The summed E-state index contributed by atoms with van der Waals surface area (Å²) in [4.78, 5) is 1.44. The summed E-state index contributed by atoms with van der Waals surface area (Å²) in [6.07, 6.45) is 2.18. The molecule has 1 atom stereocenters. The van der Waals surface area contributed by atoms with Gasteiger partial charge >= 0.3 is 0 Å². The number of rotatable bonds is 6. The Morgan fingerprint density at radius 1 is 1.14 bits per heavy atom. The zero-order chi connectivity index (χ0) is 14.7. The quantitative estimate of drug-likeness (QED) is 0.700. The molecule has 0 aliphatic rings. The molecule has 1 aromatic carbocycles. The van der Waals surface area contributed by atoms with Crippen molar-refractivity contribution in [2.75, 3.05) is 14.2 Å². The standard InChI is InChI=1S/C17H19NOS2/c1-18-14(16-11-17-15(21-16)9-10-20-17)8-5-12-3-6-13(19-2)7-4-12/h3-4,6-7,9-11,14,18H,5,8H2,1-2H3. The van der Waals surface area contributed by atoms with Gasteiger partial charge in [-0.1, -0.05) is 12.1 Å². The molecule has 2 aromatic heterocycles. The van der Waals surface area contributed by atoms with Gasteiger partial charge < -0.3 is 10.1 Å². The molecular formula is C17H19NOS2. The van der Waals surface area contributed by atoms with Crippen LogP contribution in [0, 0.1) is 0 Å². The average molecular weight is 317 g/mol. The smallest absolute Gasteiger partial charge is 0.118 e. The highest BCUT2D eigenvalue weighted by atomic mass is 32.1. The molecule has 0 fully saturated rings. The Balaban J connectivity index is 1.67. The highest BCUT2D eigenvalue weighted by Gasteiger charge is 2.13. The zero-order valence-corrected chi connectivity index (χ0v) is 13.9. The van der Waals surface area contributed by atoms with Crippen molar-refractivity contribution >= 4 is 32.1 Å². The number of ether oxygens (including phenoxy) is 1. The summed E-state index contributed by atoms with van der Waals surface area (Å²) in [6.45, 7) is 0. The number of hydrogen-bond donors (Lipinski definition) is 1. The van der Waals surface area contributed by atoms with E-state index in [1.165, 1.54) is 19.8 Å². The fourth-order valence-corrected chi connectivity index (χ4v) is 4.75. The van der Waals surface area contributed by atoms with Crippen LogP contribution in [0.15, 0.2) is 41.8 Å². The molecule has 0 aliphatic heterocycles. The molecule has 0 saturated carbocycles. The van der Waals surface area contributed by atoms with Gasteiger partial charge in [0.2, 0.25) is 0 Å². The van der Waals surface area contributed by atoms with E-state index in [2.05, 4.69) is 35.0 Å². The molecule has 0 spiro atoms. The number of nitrogens with one attached hydrogen (secondary N) is 1. The first kappa shape index (κ1) is 14.6. The second-order valence-corrected chi connectivity index (χ2v) is 7.09. The van der Waals surface area contributed by atoms with Gasteiger partial charge in [0.1, 0.15) is 5.75 Å². The van der Waals surface area contributed by atoms with Gasteiger partial charge in [-0.05, 0) is 55.1 Å². The average Bonchev–Trinajstić information content (AvgIpc) is 3.10. The highest BCUT2D eigenvalue weighted by molar-refractivity contribution is 7.26. The van der Waals surface area contributed by atoms with Crippen LogP contribution >= 0.6 is 22.7 Å². The van der Waals surface area contributed by atoms with E-state index in [1.54, 1.807) is 7.11 Å². The Morgan fingerprint density at radius 3 is 2.62 bits per heavy atom. The molecule has 21 heavy (non-hydrogen) atoms. The molecule has 0 saturated heterocycles. The first-order valence-electron chi connectivity index (χ1n) is 7.07. The van der Waals surface area contributed by atoms with Gasteiger partial charge in [0.25, 0.3) is 0 Å². The molecular weight excluding hydrogens is 298 g/mol. The van der Waals surface area contributed by atoms with Crippen molar-refractivity contribution in [2.45, 2.75) is 18.9 Å². The van der Waals surface area contributed by atoms with Gasteiger partial charge in [0.05, 0.1) is 7.11 Å². The van der Waals surface area contributed by atoms with Crippen molar-refractivity contribution in [3.05, 3.63) is 52.2 Å². The van der Waals surface area contributed by atoms with Crippen molar-refractivity contribution in [2.24, 2.45) is 0 Å². The largest absolute Gasteiger partial charge is 0.497 e. The highest BCUT2D eigenvalue weighted by Crippen LogP contribution is 2.34. The third-order valence-corrected chi connectivity index (χ3v) is 5.94. The Kier molecular flexibility index (Phi) is 4.58. The van der Waals surface area contributed by atoms with E-state index in [1.807, 2.05) is 41.9 Å². The summed E-state index contributed by atoms with van der Waals surface area (Å²) in [5.74, 6) is 0.919. The van der Waals surface area contributed by atoms with E-state index in [4.69, 9.17) is 4.74 Å². The second-order valence-electron chi connectivity index (χ2n) is 5.03. The summed E-state index contributed by atoms with van der Waals surface area (Å²) in [6, 6.07) is 13.3. The van der Waals surface area contributed by atoms with Gasteiger partial charge in [-0.3, -0.25) is 0 Å². The van der Waals surface area contributed by atoms with Gasteiger partial charge in [0, 0.05) is 20.3 Å². The zero-order valence-electron chi connectivity index (χ0n) is 12.3. The summed E-state index contributed by atoms with van der Waals surface area (Å²) in [7, 11) is 3.75. The van der Waals surface area contributed by atoms with Gasteiger partial charge in [-0.25, -0.2) is 0 Å². The van der Waals surface area contributed by atoms with Crippen LogP contribution in [-0.4, -0.2) is 14.2 Å². The molecule has 2 nitrogen and oxygen atoms in total. The van der Waals surface area contributed by atoms with E-state index >= 15 is 0 Å². The minimum Gasteiger partial charge on any atom is -0.497 e. The van der Waals surface area contributed by atoms with Gasteiger partial charge in [-0.15, -0.1) is 22.7 Å². The summed E-state index contributed by atoms with van der Waals surface area (Å²) in [5, 5.41) is 5.62. The van der Waals surface area contributed by atoms with Crippen LogP contribution in [0.2, 0.25) is 0 Å². The third-order valence-electron chi connectivity index (χ3n) is 3.73. The Hall–Kier alpha value is -1.36. The lowest BCUT2D eigenvalue weighted by atomic mass is 10.0. The molecule has 110 valence electrons. The number of methoxy groups -OCH3 is 1. The van der Waals surface area contributed by atoms with Crippen molar-refractivity contribution in [3.63, 3.8) is 0 Å². The first-order valence-corrected chi connectivity index (χ1v) is 8.77. The van der Waals surface area contributed by atoms with E-state index in [0.29, 0.717) is 6.04 Å². The SMILES string of the molecule is CNC(CCc1ccc(OC)cc1)c1cc2sccc2s1. The molecule has 1 N–H and O–H groups in total. The third kappa shape index (κ3) is 3.28. The van der Waals surface area contributed by atoms with Crippen LogP contribution < -0.4 is 10.1 Å². The Labute approximate surface area is 133 Å². The maximum absolute atomic E-state index is 5.20. The van der Waals surface area contributed by atoms with Gasteiger partial charge in [0.15, 0.2) is 0 Å². The van der Waals surface area contributed by atoms with Crippen molar-refractivity contribution in [3.8, 4) is 5.75 Å². The fraction of sp³-hybridized carbons (Fsp3) is 0.294. The predicted molar refractivity (Wildman–Crippen MR) is 92.8 cm³/mol. The lowest BCUT2D eigenvalue weighted by molar-refractivity contribution is 0.414. The summed E-state index contributed by atoms with van der Waals surface area (Å²) < 4.78 is 8.01. The molecule has 2 heterocycles. The van der Waals surface area contributed by atoms with Crippen LogP contribution in [0.5, 0.6) is 5.75 Å². The molecule has 1 unspecified atom stereocenters. The maximum atomic E-state index is 5.20. The van der Waals surface area contributed by atoms with E-state index in [0.717, 1.165) is 18.6 Å². The monoisotopic (exact) mass is 317 g/mol. The van der Waals surface area contributed by atoms with Crippen LogP contribution in [-0.2, 0) is 6.42 Å². The fourth-order valence-electron chi connectivity index (χ4n) is 2.49. The van der Waals surface area contributed by atoms with Crippen LogP contribution in [0.1, 0.15) is 22.9 Å². The van der Waals surface area contributed by atoms with Crippen molar-refractivity contribution in [1.29, 1.82) is 0 Å². The maximum Gasteiger partial charge on any atom is 0.118 e. The van der Waals surface area contributed by atoms with Crippen LogP contribution in [0.4, 0.5) is 0 Å². The molecule has 3 aromatic rings. The van der Waals surface area contributed by atoms with Crippen LogP contribution in [0.25, 0.3) is 9.40 Å². The minimum atomic E-state index is 0.428. The molecule has 0 bridgehead atoms. The number of hydrogen-bond acceptors (Lipinski definition) is 4. The molecule has 0 amide bonds. The van der Waals surface area contributed by atoms with Crippen molar-refractivity contribution < 1.29 is 4.74 Å². The number of fused-ring (bicyclic) bond motifs is 1. The van der Waals surface area contributed by atoms with E-state index in [9.17, 15) is 0 Å². The molecule has 0 radical (unpaired) electrons. The Morgan fingerprint density at radius 2 is 1.95 bits per heavy atom. The van der Waals surface area contributed by atoms with E-state index in [-0.39, 0.29) is 0 Å². The molecule has 3 rings (SSSR count). The normalized spacial score (nSPS) is 12.7. The first-order chi connectivity index (χ1) is 10.3. The topological polar surface area (TPSA) is 21.3 Å². The van der Waals surface area contributed by atoms with Crippen LogP contribution in [0.3, 0.4) is 0 Å². The van der Waals surface area contributed by atoms with Gasteiger partial charge in [-0.2, -0.15) is 0 Å². The lowest BCUT2D eigenvalue weighted by Crippen LogP contribution is -2.15. The van der Waals surface area contributed by atoms with E-state index < -0.39 is 0 Å². The Bertz CT molecular complexity index is 670. The summed E-state index contributed by atoms with van der Waals surface area (Å²) >= 11 is 3.73. The number of benzene rings is 1. The van der Waals surface area contributed by atoms with Crippen molar-refractivity contribution in [1.82, 2.24) is 5.32 Å². The predicted octanol–water partition coefficient (Wildman–Crippen LogP) is 4.86. The number of thiophene rings is 2. The molecule has 0 aliphatic carbocycles. The summed E-state index contributed by atoms with van der Waals surface area (Å²) in [5.41, 5.74) is 1.36. The molecule has 4 heteroatoms. The minimum absolute atomic E-state index is 0.428.